The lowest BCUT2D eigenvalue weighted by atomic mass is 9.94. The Hall–Kier alpha value is -6.78. The maximum absolute atomic E-state index is 13.8. The largest absolute Gasteiger partial charge is 0.485 e. The topological polar surface area (TPSA) is 206 Å². The van der Waals surface area contributed by atoms with Crippen molar-refractivity contribution in [3.8, 4) is 5.75 Å². The fourth-order valence-corrected chi connectivity index (χ4v) is 9.38. The summed E-state index contributed by atoms with van der Waals surface area (Å²) in [5, 5.41) is 5.12. The number of ketones is 1. The van der Waals surface area contributed by atoms with E-state index in [9.17, 15) is 47.5 Å². The number of amides is 8. The predicted molar refractivity (Wildman–Crippen MR) is 244 cm³/mol. The molecule has 0 radical (unpaired) electrons. The van der Waals surface area contributed by atoms with Gasteiger partial charge < -0.3 is 19.7 Å². The van der Waals surface area contributed by atoms with E-state index < -0.39 is 65.5 Å². The number of hydrogen-bond donors (Lipinski definition) is 2. The SMILES string of the molecule is CC(C)N(Cc1ccc(F)cc1)C(=O)CN1C(=O)O[C@@]2(CCc3cc(NC(=O)CCCCCCCCCCCCC(=O)COc4cccc5c4C(=O)N(C4CCC(=O)NC4=O)C5=O)ccc32)C1=O. The van der Waals surface area contributed by atoms with Crippen molar-refractivity contribution in [3.05, 3.63) is 94.3 Å². The van der Waals surface area contributed by atoms with Gasteiger partial charge in [-0.15, -0.1) is 0 Å². The van der Waals surface area contributed by atoms with Crippen molar-refractivity contribution in [2.24, 2.45) is 0 Å². The van der Waals surface area contributed by atoms with Gasteiger partial charge in [-0.25, -0.2) is 14.1 Å². The van der Waals surface area contributed by atoms with E-state index in [1.54, 1.807) is 36.4 Å². The number of imide groups is 3. The van der Waals surface area contributed by atoms with Crippen LogP contribution in [0.25, 0.3) is 0 Å². The zero-order valence-corrected chi connectivity index (χ0v) is 38.6. The molecule has 8 amide bonds. The number of rotatable bonds is 23. The Morgan fingerprint density at radius 3 is 2.21 bits per heavy atom. The quantitative estimate of drug-likeness (QED) is 0.0728. The first-order valence-electron chi connectivity index (χ1n) is 23.7. The predicted octanol–water partition coefficient (Wildman–Crippen LogP) is 7.05. The van der Waals surface area contributed by atoms with Gasteiger partial charge in [0, 0.05) is 49.5 Å². The van der Waals surface area contributed by atoms with Gasteiger partial charge in [-0.2, -0.15) is 0 Å². The van der Waals surface area contributed by atoms with E-state index in [-0.39, 0.29) is 67.0 Å². The van der Waals surface area contributed by atoms with Crippen molar-refractivity contribution < 1.29 is 57.0 Å². The van der Waals surface area contributed by atoms with Gasteiger partial charge in [-0.3, -0.25) is 48.6 Å². The van der Waals surface area contributed by atoms with Crippen molar-refractivity contribution >= 4 is 58.9 Å². The van der Waals surface area contributed by atoms with Gasteiger partial charge in [-0.1, -0.05) is 75.6 Å². The molecule has 3 heterocycles. The lowest BCUT2D eigenvalue weighted by molar-refractivity contribution is -0.142. The Kier molecular flexibility index (Phi) is 15.8. The summed E-state index contributed by atoms with van der Waals surface area (Å²) in [5.41, 5.74) is 1.22. The number of carbonyl (C=O) groups excluding carboxylic acids is 9. The molecule has 3 aliphatic heterocycles. The second kappa shape index (κ2) is 21.9. The van der Waals surface area contributed by atoms with Crippen LogP contribution in [0.3, 0.4) is 0 Å². The van der Waals surface area contributed by atoms with Crippen LogP contribution in [0.5, 0.6) is 5.75 Å². The Balaban J connectivity index is 0.737. The van der Waals surface area contributed by atoms with Crippen LogP contribution >= 0.6 is 0 Å². The Morgan fingerprint density at radius 1 is 0.853 bits per heavy atom. The van der Waals surface area contributed by atoms with Crippen LogP contribution in [0.15, 0.2) is 60.7 Å². The van der Waals surface area contributed by atoms with E-state index in [1.807, 2.05) is 13.8 Å². The molecule has 2 N–H and O–H groups in total. The highest BCUT2D eigenvalue weighted by atomic mass is 19.1. The van der Waals surface area contributed by atoms with Crippen LogP contribution in [0.1, 0.15) is 148 Å². The van der Waals surface area contributed by atoms with E-state index in [2.05, 4.69) is 10.6 Å². The van der Waals surface area contributed by atoms with Gasteiger partial charge in [0.2, 0.25) is 29.2 Å². The number of unbranched alkanes of at least 4 members (excludes halogenated alkanes) is 9. The molecule has 2 fully saturated rings. The molecule has 2 atom stereocenters. The summed E-state index contributed by atoms with van der Waals surface area (Å²) >= 11 is 0. The van der Waals surface area contributed by atoms with Crippen molar-refractivity contribution in [3.63, 3.8) is 0 Å². The molecule has 3 aromatic carbocycles. The normalized spacial score (nSPS) is 18.6. The Labute approximate surface area is 394 Å². The van der Waals surface area contributed by atoms with E-state index in [0.29, 0.717) is 42.5 Å². The monoisotopic (exact) mass is 935 g/mol. The van der Waals surface area contributed by atoms with Crippen LogP contribution < -0.4 is 15.4 Å². The van der Waals surface area contributed by atoms with Crippen LogP contribution in [0.2, 0.25) is 0 Å². The lowest BCUT2D eigenvalue weighted by Gasteiger charge is -2.28. The summed E-state index contributed by atoms with van der Waals surface area (Å²) in [7, 11) is 0. The van der Waals surface area contributed by atoms with E-state index >= 15 is 0 Å². The third-order valence-corrected chi connectivity index (χ3v) is 13.1. The number of hydrogen-bond acceptors (Lipinski definition) is 11. The molecule has 1 spiro atoms. The highest BCUT2D eigenvalue weighted by Gasteiger charge is 2.58. The second-order valence-electron chi connectivity index (χ2n) is 18.2. The highest BCUT2D eigenvalue weighted by Crippen LogP contribution is 2.46. The van der Waals surface area contributed by atoms with E-state index in [0.717, 1.165) is 73.2 Å². The van der Waals surface area contributed by atoms with Crippen molar-refractivity contribution in [1.82, 2.24) is 20.0 Å². The average Bonchev–Trinajstić information content (AvgIpc) is 3.88. The number of piperidine rings is 1. The standard InChI is InChI=1S/C51H58FN5O11/c1-32(2)55(29-33-18-20-35(52)21-19-33)44(61)30-56-49(65)51(68-50(56)66)27-26-34-28-36(22-23-39(34)51)53-42(59)17-12-10-8-6-4-3-5-7-9-11-14-37(58)31-67-41-16-13-15-38-45(41)48(64)57(47(38)63)40-24-25-43(60)54-46(40)62/h13,15-16,18-23,28,32,40H,3-12,14,17,24-27,29-31H2,1-2H3,(H,53,59)(H,54,60,62)/t40?,51-/m1/s1. The summed E-state index contributed by atoms with van der Waals surface area (Å²) in [5.74, 6) is -4.03. The number of halogens is 1. The van der Waals surface area contributed by atoms with Crippen molar-refractivity contribution in [2.45, 2.75) is 141 Å². The first kappa shape index (κ1) is 49.1. The molecule has 360 valence electrons. The van der Waals surface area contributed by atoms with Crippen LogP contribution in [0, 0.1) is 5.82 Å². The molecule has 16 nitrogen and oxygen atoms in total. The molecular formula is C51H58FN5O11. The van der Waals surface area contributed by atoms with Crippen LogP contribution in [-0.4, -0.2) is 93.2 Å². The molecule has 7 rings (SSSR count). The van der Waals surface area contributed by atoms with Gasteiger partial charge in [-0.05, 0) is 87.1 Å². The average molecular weight is 936 g/mol. The minimum Gasteiger partial charge on any atom is -0.485 e. The van der Waals surface area contributed by atoms with E-state index in [4.69, 9.17) is 9.47 Å². The fourth-order valence-electron chi connectivity index (χ4n) is 9.38. The van der Waals surface area contributed by atoms with Gasteiger partial charge in [0.25, 0.3) is 17.7 Å². The number of benzene rings is 3. The molecule has 0 bridgehead atoms. The summed E-state index contributed by atoms with van der Waals surface area (Å²) < 4.78 is 24.9. The fraction of sp³-hybridized carbons (Fsp3) is 0.471. The summed E-state index contributed by atoms with van der Waals surface area (Å²) in [4.78, 5) is 119. The first-order valence-corrected chi connectivity index (χ1v) is 23.7. The zero-order valence-electron chi connectivity index (χ0n) is 38.6. The number of ether oxygens (including phenoxy) is 2. The molecule has 0 aromatic heterocycles. The molecule has 1 aliphatic carbocycles. The number of fused-ring (bicyclic) bond motifs is 3. The maximum atomic E-state index is 13.8. The van der Waals surface area contributed by atoms with Gasteiger partial charge in [0.05, 0.1) is 11.1 Å². The van der Waals surface area contributed by atoms with Gasteiger partial charge in [0.1, 0.15) is 30.8 Å². The van der Waals surface area contributed by atoms with Crippen molar-refractivity contribution in [1.29, 1.82) is 0 Å². The maximum Gasteiger partial charge on any atom is 0.418 e. The minimum atomic E-state index is -1.53. The molecule has 3 aromatic rings. The molecule has 2 saturated heterocycles. The van der Waals surface area contributed by atoms with Gasteiger partial charge >= 0.3 is 6.09 Å². The Morgan fingerprint density at radius 2 is 1.53 bits per heavy atom. The third kappa shape index (κ3) is 11.1. The molecular weight excluding hydrogens is 878 g/mol. The number of aryl methyl sites for hydroxylation is 1. The van der Waals surface area contributed by atoms with Crippen molar-refractivity contribution in [2.75, 3.05) is 18.5 Å². The lowest BCUT2D eigenvalue weighted by Crippen LogP contribution is -2.54. The summed E-state index contributed by atoms with van der Waals surface area (Å²) in [6.45, 7) is 3.10. The minimum absolute atomic E-state index is 0.0159. The molecule has 4 aliphatic rings. The smallest absolute Gasteiger partial charge is 0.418 e. The molecule has 68 heavy (non-hydrogen) atoms. The zero-order chi connectivity index (χ0) is 48.5. The number of Topliss-reactive ketones (excluding diaryl/α,β-unsaturated/α-hetero) is 1. The molecule has 17 heteroatoms. The van der Waals surface area contributed by atoms with E-state index in [1.165, 1.54) is 29.2 Å². The van der Waals surface area contributed by atoms with Crippen LogP contribution in [-0.2, 0) is 52.1 Å². The highest BCUT2D eigenvalue weighted by molar-refractivity contribution is 6.24. The first-order chi connectivity index (χ1) is 32.7. The number of anilines is 1. The molecule has 0 saturated carbocycles. The second-order valence-corrected chi connectivity index (χ2v) is 18.2. The Bertz CT molecular complexity index is 2470. The number of nitrogens with zero attached hydrogens (tertiary/aromatic N) is 3. The number of nitrogens with one attached hydrogen (secondary N) is 2. The number of carbonyl (C=O) groups is 9. The summed E-state index contributed by atoms with van der Waals surface area (Å²) in [6.07, 6.45) is 10.1. The molecule has 1 unspecified atom stereocenters. The summed E-state index contributed by atoms with van der Waals surface area (Å²) in [6, 6.07) is 14.2. The van der Waals surface area contributed by atoms with Gasteiger partial charge in [0.15, 0.2) is 5.78 Å². The third-order valence-electron chi connectivity index (χ3n) is 13.1. The van der Waals surface area contributed by atoms with Crippen LogP contribution in [0.4, 0.5) is 14.9 Å².